The van der Waals surface area contributed by atoms with E-state index in [1.165, 1.54) is 18.2 Å². The number of rotatable bonds is 2. The maximum atomic E-state index is 12.1. The minimum atomic E-state index is -3.78. The van der Waals surface area contributed by atoms with Crippen molar-refractivity contribution in [2.24, 2.45) is 0 Å². The zero-order valence-corrected chi connectivity index (χ0v) is 13.4. The number of fused-ring (bicyclic) bond motifs is 1. The molecule has 1 heterocycles. The van der Waals surface area contributed by atoms with Gasteiger partial charge in [0.25, 0.3) is 21.8 Å². The van der Waals surface area contributed by atoms with Gasteiger partial charge in [-0.3, -0.25) is 9.59 Å². The van der Waals surface area contributed by atoms with Crippen LogP contribution in [-0.2, 0) is 10.0 Å². The summed E-state index contributed by atoms with van der Waals surface area (Å²) in [6, 6.07) is 10.9. The van der Waals surface area contributed by atoms with Crippen LogP contribution in [0.15, 0.2) is 51.8 Å². The fourth-order valence-electron chi connectivity index (χ4n) is 2.08. The molecule has 0 saturated carbocycles. The molecule has 6 nitrogen and oxygen atoms in total. The number of amides is 2. The molecule has 0 spiro atoms. The molecule has 2 N–H and O–H groups in total. The van der Waals surface area contributed by atoms with E-state index >= 15 is 0 Å². The van der Waals surface area contributed by atoms with Crippen LogP contribution in [0.1, 0.15) is 20.7 Å². The van der Waals surface area contributed by atoms with Crippen LogP contribution in [0.2, 0.25) is 0 Å². The van der Waals surface area contributed by atoms with Crippen molar-refractivity contribution in [3.63, 3.8) is 0 Å². The molecule has 8 heteroatoms. The predicted octanol–water partition coefficient (Wildman–Crippen LogP) is 2.13. The lowest BCUT2D eigenvalue weighted by Crippen LogP contribution is -2.20. The van der Waals surface area contributed by atoms with E-state index in [1.807, 2.05) is 4.72 Å². The van der Waals surface area contributed by atoms with E-state index in [2.05, 4.69) is 21.2 Å². The van der Waals surface area contributed by atoms with Crippen LogP contribution in [0, 0.1) is 0 Å². The third-order valence-corrected chi connectivity index (χ3v) is 4.97. The lowest BCUT2D eigenvalue weighted by Gasteiger charge is -2.06. The van der Waals surface area contributed by atoms with Crippen LogP contribution in [-0.4, -0.2) is 20.2 Å². The first-order valence-electron chi connectivity index (χ1n) is 6.15. The lowest BCUT2D eigenvalue weighted by atomic mass is 10.1. The number of sulfonamides is 1. The summed E-state index contributed by atoms with van der Waals surface area (Å²) >= 11 is 3.28. The minimum absolute atomic E-state index is 0.0204. The first kappa shape index (κ1) is 14.7. The Bertz CT molecular complexity index is 909. The van der Waals surface area contributed by atoms with Gasteiger partial charge in [0.15, 0.2) is 0 Å². The van der Waals surface area contributed by atoms with Crippen molar-refractivity contribution in [3.05, 3.63) is 58.1 Å². The molecular weight excluding hydrogens is 372 g/mol. The summed E-state index contributed by atoms with van der Waals surface area (Å²) in [5.41, 5.74) is 0.801. The summed E-state index contributed by atoms with van der Waals surface area (Å²) in [6.07, 6.45) is 0. The number of benzene rings is 2. The highest BCUT2D eigenvalue weighted by Crippen LogP contribution is 2.25. The number of anilines is 1. The molecule has 0 saturated heterocycles. The van der Waals surface area contributed by atoms with Crippen LogP contribution >= 0.6 is 15.9 Å². The molecule has 3 rings (SSSR count). The van der Waals surface area contributed by atoms with Crippen LogP contribution in [0.25, 0.3) is 0 Å². The largest absolute Gasteiger partial charge is 0.322 e. The van der Waals surface area contributed by atoms with Crippen molar-refractivity contribution < 1.29 is 18.0 Å². The number of hydrogen-bond donors (Lipinski definition) is 2. The molecular formula is C14H9BrN2O4S. The Labute approximate surface area is 134 Å². The highest BCUT2D eigenvalue weighted by molar-refractivity contribution is 9.10. The molecule has 112 valence electrons. The lowest BCUT2D eigenvalue weighted by molar-refractivity contribution is 0.0982. The third kappa shape index (κ3) is 2.62. The quantitative estimate of drug-likeness (QED) is 0.834. The first-order chi connectivity index (χ1) is 10.4. The molecule has 2 amide bonds. The van der Waals surface area contributed by atoms with E-state index in [1.54, 1.807) is 24.3 Å². The van der Waals surface area contributed by atoms with E-state index in [9.17, 15) is 18.0 Å². The van der Waals surface area contributed by atoms with E-state index in [-0.39, 0.29) is 16.4 Å². The number of halogens is 1. The van der Waals surface area contributed by atoms with Crippen molar-refractivity contribution in [1.82, 2.24) is 4.72 Å². The van der Waals surface area contributed by atoms with Crippen molar-refractivity contribution >= 4 is 43.5 Å². The highest BCUT2D eigenvalue weighted by atomic mass is 79.9. The summed E-state index contributed by atoms with van der Waals surface area (Å²) in [4.78, 5) is 23.7. The molecule has 0 fully saturated rings. The third-order valence-electron chi connectivity index (χ3n) is 3.09. The van der Waals surface area contributed by atoms with Gasteiger partial charge in [-0.2, -0.15) is 0 Å². The van der Waals surface area contributed by atoms with Gasteiger partial charge in [-0.1, -0.05) is 22.0 Å². The Balaban J connectivity index is 1.90. The normalized spacial score (nSPS) is 15.0. The van der Waals surface area contributed by atoms with Crippen molar-refractivity contribution in [2.45, 2.75) is 4.90 Å². The zero-order chi connectivity index (χ0) is 15.9. The second-order valence-corrected chi connectivity index (χ2v) is 7.18. The summed E-state index contributed by atoms with van der Waals surface area (Å²) in [7, 11) is -3.78. The molecule has 0 radical (unpaired) electrons. The van der Waals surface area contributed by atoms with Crippen LogP contribution in [0.5, 0.6) is 0 Å². The van der Waals surface area contributed by atoms with Gasteiger partial charge in [0.1, 0.15) is 4.90 Å². The molecule has 0 unspecified atom stereocenters. The van der Waals surface area contributed by atoms with Crippen molar-refractivity contribution in [1.29, 1.82) is 0 Å². The highest BCUT2D eigenvalue weighted by Gasteiger charge is 2.32. The average molecular weight is 381 g/mol. The number of carbonyl (C=O) groups is 2. The molecule has 2 aromatic rings. The second-order valence-electron chi connectivity index (χ2n) is 4.61. The molecule has 2 aromatic carbocycles. The molecule has 0 aliphatic carbocycles. The van der Waals surface area contributed by atoms with Gasteiger partial charge < -0.3 is 5.32 Å². The van der Waals surface area contributed by atoms with Crippen LogP contribution in [0.3, 0.4) is 0 Å². The van der Waals surface area contributed by atoms with E-state index in [4.69, 9.17) is 0 Å². The number of carbonyl (C=O) groups excluding carboxylic acids is 2. The topological polar surface area (TPSA) is 92.3 Å². The number of hydrogen-bond acceptors (Lipinski definition) is 4. The molecule has 1 aliphatic heterocycles. The molecule has 22 heavy (non-hydrogen) atoms. The van der Waals surface area contributed by atoms with Gasteiger partial charge in [0.05, 0.1) is 5.56 Å². The maximum absolute atomic E-state index is 12.1. The fourth-order valence-corrected chi connectivity index (χ4v) is 3.64. The Morgan fingerprint density at radius 1 is 1.14 bits per heavy atom. The Morgan fingerprint density at radius 3 is 2.64 bits per heavy atom. The van der Waals surface area contributed by atoms with E-state index in [0.29, 0.717) is 11.3 Å². The minimum Gasteiger partial charge on any atom is -0.322 e. The first-order valence-corrected chi connectivity index (χ1v) is 8.42. The average Bonchev–Trinajstić information content (AvgIpc) is 2.68. The van der Waals surface area contributed by atoms with Crippen LogP contribution in [0.4, 0.5) is 5.69 Å². The molecule has 0 bridgehead atoms. The standard InChI is InChI=1S/C14H9BrN2O4S/c15-9-3-1-2-8(6-9)13(18)16-10-4-5-12-11(7-10)14(19)17-22(12,20)21/h1-7H,(H,16,18)(H,17,19). The van der Waals surface area contributed by atoms with Gasteiger partial charge in [0, 0.05) is 15.7 Å². The Morgan fingerprint density at radius 2 is 1.91 bits per heavy atom. The van der Waals surface area contributed by atoms with Gasteiger partial charge in [-0.05, 0) is 36.4 Å². The Kier molecular flexibility index (Phi) is 3.50. The van der Waals surface area contributed by atoms with Crippen LogP contribution < -0.4 is 10.0 Å². The van der Waals surface area contributed by atoms with Crippen molar-refractivity contribution in [3.8, 4) is 0 Å². The number of nitrogens with one attached hydrogen (secondary N) is 2. The monoisotopic (exact) mass is 380 g/mol. The van der Waals surface area contributed by atoms with Gasteiger partial charge in [-0.25, -0.2) is 13.1 Å². The summed E-state index contributed by atoms with van der Waals surface area (Å²) < 4.78 is 25.9. The smallest absolute Gasteiger partial charge is 0.266 e. The summed E-state index contributed by atoms with van der Waals surface area (Å²) in [5, 5.41) is 2.63. The molecule has 0 atom stereocenters. The molecule has 1 aliphatic rings. The predicted molar refractivity (Wildman–Crippen MR) is 83.2 cm³/mol. The summed E-state index contributed by atoms with van der Waals surface area (Å²) in [5.74, 6) is -1.06. The van der Waals surface area contributed by atoms with Gasteiger partial charge >= 0.3 is 0 Å². The Hall–Kier alpha value is -2.19. The SMILES string of the molecule is O=C(Nc1ccc2c(c1)C(=O)NS2(=O)=O)c1cccc(Br)c1. The maximum Gasteiger partial charge on any atom is 0.266 e. The molecule has 0 aromatic heterocycles. The zero-order valence-electron chi connectivity index (χ0n) is 11.0. The van der Waals surface area contributed by atoms with Gasteiger partial charge in [0.2, 0.25) is 0 Å². The van der Waals surface area contributed by atoms with E-state index in [0.717, 1.165) is 4.47 Å². The van der Waals surface area contributed by atoms with Gasteiger partial charge in [-0.15, -0.1) is 0 Å². The van der Waals surface area contributed by atoms with Crippen molar-refractivity contribution in [2.75, 3.05) is 5.32 Å². The fraction of sp³-hybridized carbons (Fsp3) is 0. The second kappa shape index (κ2) is 5.22. The summed E-state index contributed by atoms with van der Waals surface area (Å²) in [6.45, 7) is 0. The van der Waals surface area contributed by atoms with E-state index < -0.39 is 15.9 Å².